The molecule has 3 aromatic carbocycles. The first-order chi connectivity index (χ1) is 13.3. The summed E-state index contributed by atoms with van der Waals surface area (Å²) in [5.41, 5.74) is 1.26. The number of aryl methyl sites for hydroxylation is 1. The number of amides is 1. The SMILES string of the molecule is Cc1ccccc1S(=O)(=O)Nc1cc(C(=O)Nc2ccc(F)cc2)ccc1Cl. The largest absolute Gasteiger partial charge is 0.322 e. The van der Waals surface area contributed by atoms with Crippen molar-refractivity contribution in [2.75, 3.05) is 10.0 Å². The maximum Gasteiger partial charge on any atom is 0.262 e. The zero-order valence-corrected chi connectivity index (χ0v) is 16.3. The van der Waals surface area contributed by atoms with Gasteiger partial charge in [-0.05, 0) is 61.0 Å². The third kappa shape index (κ3) is 4.49. The summed E-state index contributed by atoms with van der Waals surface area (Å²) < 4.78 is 40.7. The van der Waals surface area contributed by atoms with Gasteiger partial charge >= 0.3 is 0 Å². The van der Waals surface area contributed by atoms with Crippen molar-refractivity contribution in [1.82, 2.24) is 0 Å². The minimum atomic E-state index is -3.88. The number of sulfonamides is 1. The molecule has 0 saturated heterocycles. The van der Waals surface area contributed by atoms with Crippen molar-refractivity contribution >= 4 is 38.9 Å². The number of rotatable bonds is 5. The van der Waals surface area contributed by atoms with Gasteiger partial charge in [0.1, 0.15) is 5.82 Å². The third-order valence-electron chi connectivity index (χ3n) is 3.96. The van der Waals surface area contributed by atoms with Crippen LogP contribution in [0.3, 0.4) is 0 Å². The molecule has 5 nitrogen and oxygen atoms in total. The Balaban J connectivity index is 1.86. The minimum Gasteiger partial charge on any atom is -0.322 e. The van der Waals surface area contributed by atoms with E-state index in [0.29, 0.717) is 11.3 Å². The number of halogens is 2. The summed E-state index contributed by atoms with van der Waals surface area (Å²) in [4.78, 5) is 12.5. The molecule has 0 atom stereocenters. The van der Waals surface area contributed by atoms with Crippen molar-refractivity contribution < 1.29 is 17.6 Å². The quantitative estimate of drug-likeness (QED) is 0.622. The highest BCUT2D eigenvalue weighted by Crippen LogP contribution is 2.27. The first-order valence-electron chi connectivity index (χ1n) is 8.21. The van der Waals surface area contributed by atoms with E-state index in [0.717, 1.165) is 0 Å². The second kappa shape index (κ2) is 8.00. The van der Waals surface area contributed by atoms with Crippen LogP contribution in [0.25, 0.3) is 0 Å². The molecule has 0 radical (unpaired) electrons. The van der Waals surface area contributed by atoms with Crippen LogP contribution in [0.2, 0.25) is 5.02 Å². The Hall–Kier alpha value is -2.90. The molecule has 144 valence electrons. The third-order valence-corrected chi connectivity index (χ3v) is 5.81. The Morgan fingerprint density at radius 1 is 1.00 bits per heavy atom. The topological polar surface area (TPSA) is 75.3 Å². The van der Waals surface area contributed by atoms with Crippen LogP contribution in [-0.2, 0) is 10.0 Å². The average molecular weight is 419 g/mol. The van der Waals surface area contributed by atoms with E-state index in [1.54, 1.807) is 25.1 Å². The van der Waals surface area contributed by atoms with Crippen molar-refractivity contribution in [3.8, 4) is 0 Å². The first kappa shape index (κ1) is 19.9. The number of nitrogens with one attached hydrogen (secondary N) is 2. The van der Waals surface area contributed by atoms with Crippen LogP contribution < -0.4 is 10.0 Å². The van der Waals surface area contributed by atoms with Gasteiger partial charge in [-0.3, -0.25) is 9.52 Å². The van der Waals surface area contributed by atoms with E-state index in [1.807, 2.05) is 0 Å². The van der Waals surface area contributed by atoms with Crippen LogP contribution in [0.15, 0.2) is 71.6 Å². The van der Waals surface area contributed by atoms with Crippen molar-refractivity contribution in [2.45, 2.75) is 11.8 Å². The number of hydrogen-bond donors (Lipinski definition) is 2. The molecule has 0 fully saturated rings. The highest BCUT2D eigenvalue weighted by molar-refractivity contribution is 7.92. The minimum absolute atomic E-state index is 0.0803. The zero-order valence-electron chi connectivity index (χ0n) is 14.7. The number of carbonyl (C=O) groups excluding carboxylic acids is 1. The lowest BCUT2D eigenvalue weighted by Gasteiger charge is -2.13. The van der Waals surface area contributed by atoms with Gasteiger partial charge in [0.15, 0.2) is 0 Å². The van der Waals surface area contributed by atoms with Gasteiger partial charge in [0, 0.05) is 11.3 Å². The molecule has 0 aliphatic carbocycles. The molecule has 0 aliphatic heterocycles. The standard InChI is InChI=1S/C20H16ClFN2O3S/c1-13-4-2-3-5-19(13)28(26,27)24-18-12-14(6-11-17(18)21)20(25)23-16-9-7-15(22)8-10-16/h2-12,24H,1H3,(H,23,25). The molecular formula is C20H16ClFN2O3S. The fourth-order valence-electron chi connectivity index (χ4n) is 2.54. The monoisotopic (exact) mass is 418 g/mol. The second-order valence-corrected chi connectivity index (χ2v) is 8.08. The Morgan fingerprint density at radius 3 is 2.36 bits per heavy atom. The maximum absolute atomic E-state index is 13.0. The van der Waals surface area contributed by atoms with Crippen LogP contribution in [0.5, 0.6) is 0 Å². The summed E-state index contributed by atoms with van der Waals surface area (Å²) in [7, 11) is -3.88. The van der Waals surface area contributed by atoms with Gasteiger partial charge in [-0.15, -0.1) is 0 Å². The van der Waals surface area contributed by atoms with E-state index in [1.165, 1.54) is 48.5 Å². The highest BCUT2D eigenvalue weighted by atomic mass is 35.5. The Kier molecular flexibility index (Phi) is 5.67. The first-order valence-corrected chi connectivity index (χ1v) is 10.1. The molecule has 28 heavy (non-hydrogen) atoms. The van der Waals surface area contributed by atoms with E-state index in [9.17, 15) is 17.6 Å². The van der Waals surface area contributed by atoms with Crippen molar-refractivity contribution in [1.29, 1.82) is 0 Å². The molecule has 0 saturated carbocycles. The molecule has 0 bridgehead atoms. The van der Waals surface area contributed by atoms with Crippen LogP contribution in [0, 0.1) is 12.7 Å². The van der Waals surface area contributed by atoms with Gasteiger partial charge in [0.05, 0.1) is 15.6 Å². The predicted molar refractivity (Wildman–Crippen MR) is 108 cm³/mol. The Bertz CT molecular complexity index is 1130. The smallest absolute Gasteiger partial charge is 0.262 e. The lowest BCUT2D eigenvalue weighted by molar-refractivity contribution is 0.102. The fourth-order valence-corrected chi connectivity index (χ4v) is 4.08. The fraction of sp³-hybridized carbons (Fsp3) is 0.0500. The van der Waals surface area contributed by atoms with Crippen LogP contribution in [0.4, 0.5) is 15.8 Å². The number of anilines is 2. The molecule has 0 spiro atoms. The molecule has 3 aromatic rings. The van der Waals surface area contributed by atoms with Gasteiger partial charge in [-0.1, -0.05) is 29.8 Å². The maximum atomic E-state index is 13.0. The van der Waals surface area contributed by atoms with E-state index < -0.39 is 21.7 Å². The Labute approximate surface area is 167 Å². The summed E-state index contributed by atoms with van der Waals surface area (Å²) in [6.07, 6.45) is 0. The van der Waals surface area contributed by atoms with Crippen molar-refractivity contribution in [3.05, 3.63) is 88.7 Å². The van der Waals surface area contributed by atoms with E-state index in [-0.39, 0.29) is 21.2 Å². The summed E-state index contributed by atoms with van der Waals surface area (Å²) >= 11 is 6.11. The molecule has 0 aromatic heterocycles. The molecule has 8 heteroatoms. The van der Waals surface area contributed by atoms with E-state index in [2.05, 4.69) is 10.0 Å². The summed E-state index contributed by atoms with van der Waals surface area (Å²) in [6.45, 7) is 1.68. The normalized spacial score (nSPS) is 11.1. The van der Waals surface area contributed by atoms with E-state index in [4.69, 9.17) is 11.6 Å². The van der Waals surface area contributed by atoms with Gasteiger partial charge in [0.2, 0.25) is 0 Å². The molecule has 3 rings (SSSR count). The molecule has 0 aliphatic rings. The van der Waals surface area contributed by atoms with Gasteiger partial charge in [0.25, 0.3) is 15.9 Å². The molecule has 0 heterocycles. The highest BCUT2D eigenvalue weighted by Gasteiger charge is 2.19. The van der Waals surface area contributed by atoms with Gasteiger partial charge in [-0.2, -0.15) is 0 Å². The van der Waals surface area contributed by atoms with Crippen molar-refractivity contribution in [2.24, 2.45) is 0 Å². The molecule has 2 N–H and O–H groups in total. The number of hydrogen-bond acceptors (Lipinski definition) is 3. The number of benzene rings is 3. The lowest BCUT2D eigenvalue weighted by Crippen LogP contribution is -2.16. The molecule has 0 unspecified atom stereocenters. The second-order valence-electron chi connectivity index (χ2n) is 6.03. The van der Waals surface area contributed by atoms with Crippen molar-refractivity contribution in [3.63, 3.8) is 0 Å². The van der Waals surface area contributed by atoms with Gasteiger partial charge in [-0.25, -0.2) is 12.8 Å². The summed E-state index contributed by atoms with van der Waals surface area (Å²) in [5, 5.41) is 2.76. The van der Waals surface area contributed by atoms with E-state index >= 15 is 0 Å². The Morgan fingerprint density at radius 2 is 1.68 bits per heavy atom. The predicted octanol–water partition coefficient (Wildman–Crippen LogP) is 4.84. The molecular weight excluding hydrogens is 403 g/mol. The zero-order chi connectivity index (χ0) is 20.3. The lowest BCUT2D eigenvalue weighted by atomic mass is 10.2. The van der Waals surface area contributed by atoms with Crippen LogP contribution in [0.1, 0.15) is 15.9 Å². The number of carbonyl (C=O) groups is 1. The summed E-state index contributed by atoms with van der Waals surface area (Å²) in [6, 6.07) is 16.0. The van der Waals surface area contributed by atoms with Crippen LogP contribution in [-0.4, -0.2) is 14.3 Å². The average Bonchev–Trinajstić information content (AvgIpc) is 2.65. The molecule has 1 amide bonds. The summed E-state index contributed by atoms with van der Waals surface area (Å²) in [5.74, 6) is -0.906. The van der Waals surface area contributed by atoms with Gasteiger partial charge < -0.3 is 5.32 Å². The van der Waals surface area contributed by atoms with Crippen LogP contribution >= 0.6 is 11.6 Å².